The van der Waals surface area contributed by atoms with Crippen molar-refractivity contribution >= 4 is 40.0 Å². The Balaban J connectivity index is 1.53. The van der Waals surface area contributed by atoms with Crippen molar-refractivity contribution < 1.29 is 28.2 Å². The lowest BCUT2D eigenvalue weighted by atomic mass is 10.1. The predicted octanol–water partition coefficient (Wildman–Crippen LogP) is 6.25. The Hall–Kier alpha value is -4.84. The van der Waals surface area contributed by atoms with Crippen molar-refractivity contribution in [3.63, 3.8) is 0 Å². The summed E-state index contributed by atoms with van der Waals surface area (Å²) >= 11 is 6.30. The highest BCUT2D eigenvalue weighted by molar-refractivity contribution is 6.33. The third-order valence-electron chi connectivity index (χ3n) is 6.18. The van der Waals surface area contributed by atoms with Gasteiger partial charge in [0.1, 0.15) is 23.1 Å². The number of para-hydroxylation sites is 1. The molecule has 0 aliphatic rings. The Kier molecular flexibility index (Phi) is 8.72. The smallest absolute Gasteiger partial charge is 0.303 e. The molecule has 5 aromatic rings. The molecule has 0 spiro atoms. The number of pyridine rings is 1. The molecule has 0 bridgehead atoms. The Morgan fingerprint density at radius 2 is 1.90 bits per heavy atom. The second kappa shape index (κ2) is 12.8. The van der Waals surface area contributed by atoms with Crippen LogP contribution in [0, 0.1) is 11.6 Å². The normalized spacial score (nSPS) is 11.0. The summed E-state index contributed by atoms with van der Waals surface area (Å²) in [6.07, 6.45) is 4.68. The van der Waals surface area contributed by atoms with Gasteiger partial charge in [-0.05, 0) is 25.5 Å². The van der Waals surface area contributed by atoms with Gasteiger partial charge in [-0.3, -0.25) is 14.5 Å². The molecule has 2 aromatic carbocycles. The molecule has 0 saturated heterocycles. The fourth-order valence-electron chi connectivity index (χ4n) is 4.23. The molecule has 0 atom stereocenters. The molecular weight excluding hydrogens is 570 g/mol. The first kappa shape index (κ1) is 28.7. The number of nitrogens with one attached hydrogen (secondary N) is 1. The molecule has 0 radical (unpaired) electrons. The molecule has 0 fully saturated rings. The van der Waals surface area contributed by atoms with E-state index in [4.69, 9.17) is 26.2 Å². The predicted molar refractivity (Wildman–Crippen MR) is 152 cm³/mol. The number of nitrogens with zero attached hydrogens (tertiary/aromatic N) is 5. The van der Waals surface area contributed by atoms with Gasteiger partial charge in [0.25, 0.3) is 0 Å². The minimum absolute atomic E-state index is 0.0587. The summed E-state index contributed by atoms with van der Waals surface area (Å²) in [5.41, 5.74) is 1.32. The second-order valence-corrected chi connectivity index (χ2v) is 9.46. The van der Waals surface area contributed by atoms with E-state index in [1.807, 2.05) is 12.1 Å². The van der Waals surface area contributed by atoms with Gasteiger partial charge in [-0.2, -0.15) is 5.10 Å². The highest BCUT2D eigenvalue weighted by Gasteiger charge is 2.20. The van der Waals surface area contributed by atoms with Crippen LogP contribution >= 0.6 is 11.6 Å². The second-order valence-electron chi connectivity index (χ2n) is 9.05. The average molecular weight is 595 g/mol. The zero-order chi connectivity index (χ0) is 29.6. The molecule has 0 unspecified atom stereocenters. The van der Waals surface area contributed by atoms with Crippen LogP contribution in [-0.2, 0) is 11.3 Å². The minimum atomic E-state index is -0.931. The van der Waals surface area contributed by atoms with Crippen molar-refractivity contribution in [3.8, 4) is 23.0 Å². The number of aromatic nitrogens is 5. The summed E-state index contributed by atoms with van der Waals surface area (Å²) in [6.45, 7) is 1.94. The van der Waals surface area contributed by atoms with Crippen molar-refractivity contribution in [2.75, 3.05) is 18.5 Å². The first-order valence-electron chi connectivity index (χ1n) is 13.0. The number of hydrogen-bond donors (Lipinski definition) is 2. The zero-order valence-corrected chi connectivity index (χ0v) is 23.1. The Labute approximate surface area is 243 Å². The molecule has 0 saturated carbocycles. The quantitative estimate of drug-likeness (QED) is 0.161. The maximum Gasteiger partial charge on any atom is 0.303 e. The Morgan fingerprint density at radius 3 is 2.64 bits per heavy atom. The number of fused-ring (bicyclic) bond motifs is 1. The van der Waals surface area contributed by atoms with E-state index >= 15 is 0 Å². The first-order valence-corrected chi connectivity index (χ1v) is 13.4. The van der Waals surface area contributed by atoms with Crippen LogP contribution in [0.25, 0.3) is 22.4 Å². The number of benzene rings is 2. The van der Waals surface area contributed by atoms with Gasteiger partial charge in [-0.25, -0.2) is 18.7 Å². The summed E-state index contributed by atoms with van der Waals surface area (Å²) in [7, 11) is 0. The standard InChI is InChI=1S/C29H25ClF2N6O4/c1-2-41-17-12-21(31)19(22(32)13-17)16-38-24-7-4-3-6-18(24)27(37-38)29-34-15-25(42-11-5-8-26(39)40)28(36-29)35-23-9-10-33-14-20(23)30/h3-4,6-7,9-10,12-15H,2,5,8,11,16H2,1H3,(H,39,40)(H,33,34,35,36). The SMILES string of the molecule is CCOc1cc(F)c(Cn2nc(-c3ncc(OCCCC(=O)O)c(Nc4ccncc4Cl)n3)c3ccccc32)c(F)c1. The van der Waals surface area contributed by atoms with Crippen LogP contribution in [0.2, 0.25) is 5.02 Å². The molecule has 0 aliphatic carbocycles. The van der Waals surface area contributed by atoms with Gasteiger partial charge in [-0.1, -0.05) is 29.8 Å². The fraction of sp³-hybridized carbons (Fsp3) is 0.207. The van der Waals surface area contributed by atoms with E-state index < -0.39 is 17.6 Å². The Bertz CT molecular complexity index is 1730. The summed E-state index contributed by atoms with van der Waals surface area (Å²) in [6, 6.07) is 11.2. The zero-order valence-electron chi connectivity index (χ0n) is 22.4. The summed E-state index contributed by atoms with van der Waals surface area (Å²) < 4.78 is 42.3. The largest absolute Gasteiger partial charge is 0.494 e. The average Bonchev–Trinajstić information content (AvgIpc) is 3.33. The summed E-state index contributed by atoms with van der Waals surface area (Å²) in [5, 5.41) is 17.7. The van der Waals surface area contributed by atoms with Crippen molar-refractivity contribution in [3.05, 3.63) is 83.3 Å². The van der Waals surface area contributed by atoms with Gasteiger partial charge < -0.3 is 19.9 Å². The van der Waals surface area contributed by atoms with Crippen LogP contribution in [0.3, 0.4) is 0 Å². The van der Waals surface area contributed by atoms with Gasteiger partial charge in [0, 0.05) is 41.9 Å². The van der Waals surface area contributed by atoms with Crippen LogP contribution in [0.1, 0.15) is 25.3 Å². The van der Waals surface area contributed by atoms with E-state index in [0.29, 0.717) is 27.3 Å². The molecule has 3 heterocycles. The molecule has 0 aliphatic heterocycles. The van der Waals surface area contributed by atoms with Crippen LogP contribution in [0.15, 0.2) is 61.1 Å². The highest BCUT2D eigenvalue weighted by atomic mass is 35.5. The van der Waals surface area contributed by atoms with Gasteiger partial charge in [-0.15, -0.1) is 0 Å². The summed E-state index contributed by atoms with van der Waals surface area (Å²) in [5.74, 6) is -1.59. The van der Waals surface area contributed by atoms with Gasteiger partial charge in [0.15, 0.2) is 17.4 Å². The van der Waals surface area contributed by atoms with Crippen molar-refractivity contribution in [1.29, 1.82) is 0 Å². The minimum Gasteiger partial charge on any atom is -0.494 e. The fourth-order valence-corrected chi connectivity index (χ4v) is 4.40. The summed E-state index contributed by atoms with van der Waals surface area (Å²) in [4.78, 5) is 24.0. The van der Waals surface area contributed by atoms with Crippen molar-refractivity contribution in [2.24, 2.45) is 0 Å². The lowest BCUT2D eigenvalue weighted by molar-refractivity contribution is -0.137. The molecule has 216 valence electrons. The van der Waals surface area contributed by atoms with Crippen LogP contribution in [0.5, 0.6) is 11.5 Å². The van der Waals surface area contributed by atoms with E-state index in [1.165, 1.54) is 17.1 Å². The van der Waals surface area contributed by atoms with Crippen molar-refractivity contribution in [2.45, 2.75) is 26.3 Å². The lowest BCUT2D eigenvalue weighted by Gasteiger charge is -2.13. The third kappa shape index (κ3) is 6.39. The maximum atomic E-state index is 14.9. The molecule has 10 nitrogen and oxygen atoms in total. The van der Waals surface area contributed by atoms with E-state index in [2.05, 4.69) is 25.4 Å². The molecule has 3 aromatic heterocycles. The highest BCUT2D eigenvalue weighted by Crippen LogP contribution is 2.33. The number of carbonyl (C=O) groups is 1. The van der Waals surface area contributed by atoms with Gasteiger partial charge in [0.05, 0.1) is 42.2 Å². The first-order chi connectivity index (χ1) is 20.3. The van der Waals surface area contributed by atoms with E-state index in [9.17, 15) is 13.6 Å². The monoisotopic (exact) mass is 594 g/mol. The number of ether oxygens (including phenoxy) is 2. The Morgan fingerprint density at radius 1 is 1.12 bits per heavy atom. The number of aliphatic carboxylic acids is 1. The molecular formula is C29H25ClF2N6O4. The number of carboxylic acids is 1. The van der Waals surface area contributed by atoms with Crippen LogP contribution in [0.4, 0.5) is 20.3 Å². The molecule has 2 N–H and O–H groups in total. The van der Waals surface area contributed by atoms with Crippen molar-refractivity contribution in [1.82, 2.24) is 24.7 Å². The number of carboxylic acid groups (broad SMARTS) is 1. The topological polar surface area (TPSA) is 124 Å². The third-order valence-corrected chi connectivity index (χ3v) is 6.48. The number of rotatable bonds is 12. The molecule has 5 rings (SSSR count). The molecule has 42 heavy (non-hydrogen) atoms. The van der Waals surface area contributed by atoms with E-state index in [0.717, 1.165) is 12.1 Å². The molecule has 0 amide bonds. The number of halogens is 3. The van der Waals surface area contributed by atoms with E-state index in [-0.39, 0.29) is 61.3 Å². The lowest BCUT2D eigenvalue weighted by Crippen LogP contribution is -2.08. The number of hydrogen-bond acceptors (Lipinski definition) is 8. The number of anilines is 2. The van der Waals surface area contributed by atoms with Crippen LogP contribution in [-0.4, -0.2) is 49.0 Å². The maximum absolute atomic E-state index is 14.9. The van der Waals surface area contributed by atoms with Gasteiger partial charge in [0.2, 0.25) is 0 Å². The van der Waals surface area contributed by atoms with Gasteiger partial charge >= 0.3 is 5.97 Å². The van der Waals surface area contributed by atoms with E-state index in [1.54, 1.807) is 31.3 Å². The van der Waals surface area contributed by atoms with Crippen LogP contribution < -0.4 is 14.8 Å². The molecule has 13 heteroatoms.